The summed E-state index contributed by atoms with van der Waals surface area (Å²) in [6.07, 6.45) is 0. The fraction of sp³-hybridized carbons (Fsp3) is 0.333. The number of hydrogen-bond acceptors (Lipinski definition) is 3. The molecule has 0 fully saturated rings. The number of hydrogen-bond donors (Lipinski definition) is 3. The number of H-pyrrole nitrogens is 2. The van der Waals surface area contributed by atoms with Crippen molar-refractivity contribution in [3.05, 3.63) is 47.0 Å². The molecule has 1 atom stereocenters. The van der Waals surface area contributed by atoms with E-state index in [2.05, 4.69) is 32.4 Å². The molecular formula is C15H19N5. The van der Waals surface area contributed by atoms with Crippen LogP contribution in [-0.4, -0.2) is 20.2 Å². The third-order valence-electron chi connectivity index (χ3n) is 3.68. The molecule has 0 aliphatic rings. The molecule has 0 spiro atoms. The van der Waals surface area contributed by atoms with Crippen LogP contribution >= 0.6 is 0 Å². The minimum Gasteiger partial charge on any atom is -0.341 e. The fourth-order valence-electron chi connectivity index (χ4n) is 2.36. The van der Waals surface area contributed by atoms with E-state index in [1.54, 1.807) is 0 Å². The number of aryl methyl sites for hydroxylation is 2. The van der Waals surface area contributed by atoms with Crippen molar-refractivity contribution in [2.24, 2.45) is 0 Å². The predicted molar refractivity (Wildman–Crippen MR) is 79.4 cm³/mol. The topological polar surface area (TPSA) is 69.4 Å². The molecule has 20 heavy (non-hydrogen) atoms. The van der Waals surface area contributed by atoms with Gasteiger partial charge in [-0.3, -0.25) is 5.10 Å². The first-order valence-electron chi connectivity index (χ1n) is 6.83. The second-order valence-electron chi connectivity index (χ2n) is 5.15. The summed E-state index contributed by atoms with van der Waals surface area (Å²) in [5, 5.41) is 10.7. The summed E-state index contributed by atoms with van der Waals surface area (Å²) < 4.78 is 0. The summed E-state index contributed by atoms with van der Waals surface area (Å²) in [6.45, 7) is 6.96. The highest BCUT2D eigenvalue weighted by Crippen LogP contribution is 2.17. The average Bonchev–Trinajstić information content (AvgIpc) is 3.01. The molecule has 0 aliphatic carbocycles. The molecular weight excluding hydrogens is 250 g/mol. The highest BCUT2D eigenvalue weighted by atomic mass is 15.1. The summed E-state index contributed by atoms with van der Waals surface area (Å²) >= 11 is 0. The van der Waals surface area contributed by atoms with Crippen LogP contribution in [0.25, 0.3) is 11.0 Å². The Morgan fingerprint density at radius 3 is 2.75 bits per heavy atom. The summed E-state index contributed by atoms with van der Waals surface area (Å²) in [4.78, 5) is 7.97. The molecule has 2 heterocycles. The Balaban J connectivity index is 1.74. The van der Waals surface area contributed by atoms with Crippen LogP contribution in [0.5, 0.6) is 0 Å². The summed E-state index contributed by atoms with van der Waals surface area (Å²) in [7, 11) is 0. The molecule has 1 unspecified atom stereocenters. The van der Waals surface area contributed by atoms with Gasteiger partial charge < -0.3 is 10.3 Å². The van der Waals surface area contributed by atoms with Gasteiger partial charge in [-0.2, -0.15) is 5.10 Å². The molecule has 104 valence electrons. The molecule has 0 bridgehead atoms. The van der Waals surface area contributed by atoms with E-state index in [9.17, 15) is 0 Å². The number of para-hydroxylation sites is 2. The van der Waals surface area contributed by atoms with Crippen molar-refractivity contribution in [2.45, 2.75) is 33.4 Å². The first-order valence-corrected chi connectivity index (χ1v) is 6.83. The first-order chi connectivity index (χ1) is 9.65. The Kier molecular flexibility index (Phi) is 3.28. The summed E-state index contributed by atoms with van der Waals surface area (Å²) in [5.74, 6) is 0.963. The van der Waals surface area contributed by atoms with Gasteiger partial charge in [-0.25, -0.2) is 4.98 Å². The van der Waals surface area contributed by atoms with Crippen molar-refractivity contribution >= 4 is 11.0 Å². The lowest BCUT2D eigenvalue weighted by molar-refractivity contribution is 0.550. The van der Waals surface area contributed by atoms with Crippen LogP contribution in [0.15, 0.2) is 24.3 Å². The molecule has 5 heteroatoms. The smallest absolute Gasteiger partial charge is 0.124 e. The Hall–Kier alpha value is -2.14. The summed E-state index contributed by atoms with van der Waals surface area (Å²) in [5.41, 5.74) is 5.48. The lowest BCUT2D eigenvalue weighted by atomic mass is 10.2. The second kappa shape index (κ2) is 5.09. The molecule has 0 radical (unpaired) electrons. The SMILES string of the molecule is Cc1n[nH]c(C)c1CNC(C)c1nc2ccccc2[nH]1. The van der Waals surface area contributed by atoms with E-state index >= 15 is 0 Å². The quantitative estimate of drug-likeness (QED) is 0.682. The molecule has 2 aromatic heterocycles. The maximum atomic E-state index is 4.62. The molecule has 0 amide bonds. The maximum Gasteiger partial charge on any atom is 0.124 e. The number of imidazole rings is 1. The first kappa shape index (κ1) is 12.9. The van der Waals surface area contributed by atoms with Gasteiger partial charge in [0.05, 0.1) is 22.8 Å². The number of benzene rings is 1. The average molecular weight is 269 g/mol. The molecule has 5 nitrogen and oxygen atoms in total. The molecule has 3 rings (SSSR count). The number of aromatic nitrogens is 4. The number of aromatic amines is 2. The number of rotatable bonds is 4. The van der Waals surface area contributed by atoms with Crippen LogP contribution in [0.3, 0.4) is 0 Å². The second-order valence-corrected chi connectivity index (χ2v) is 5.15. The van der Waals surface area contributed by atoms with Crippen LogP contribution in [0.1, 0.15) is 35.7 Å². The lowest BCUT2D eigenvalue weighted by Crippen LogP contribution is -2.19. The number of nitrogens with zero attached hydrogens (tertiary/aromatic N) is 2. The van der Waals surface area contributed by atoms with E-state index < -0.39 is 0 Å². The van der Waals surface area contributed by atoms with Crippen LogP contribution in [0.2, 0.25) is 0 Å². The zero-order valence-electron chi connectivity index (χ0n) is 12.0. The van der Waals surface area contributed by atoms with Crippen LogP contribution in [0.4, 0.5) is 0 Å². The fourth-order valence-corrected chi connectivity index (χ4v) is 2.36. The van der Waals surface area contributed by atoms with Gasteiger partial charge in [0, 0.05) is 17.8 Å². The zero-order valence-corrected chi connectivity index (χ0v) is 12.0. The monoisotopic (exact) mass is 269 g/mol. The van der Waals surface area contributed by atoms with E-state index in [4.69, 9.17) is 0 Å². The van der Waals surface area contributed by atoms with Gasteiger partial charge in [0.15, 0.2) is 0 Å². The maximum absolute atomic E-state index is 4.62. The van der Waals surface area contributed by atoms with Gasteiger partial charge in [0.2, 0.25) is 0 Å². The van der Waals surface area contributed by atoms with E-state index in [0.29, 0.717) is 0 Å². The third-order valence-corrected chi connectivity index (χ3v) is 3.68. The summed E-state index contributed by atoms with van der Waals surface area (Å²) in [6, 6.07) is 8.25. The Morgan fingerprint density at radius 2 is 2.05 bits per heavy atom. The minimum absolute atomic E-state index is 0.163. The van der Waals surface area contributed by atoms with Gasteiger partial charge in [-0.1, -0.05) is 12.1 Å². The van der Waals surface area contributed by atoms with Gasteiger partial charge >= 0.3 is 0 Å². The van der Waals surface area contributed by atoms with Gasteiger partial charge in [-0.05, 0) is 32.9 Å². The Bertz CT molecular complexity index is 672. The molecule has 3 N–H and O–H groups in total. The van der Waals surface area contributed by atoms with Crippen molar-refractivity contribution in [3.8, 4) is 0 Å². The minimum atomic E-state index is 0.163. The van der Waals surface area contributed by atoms with Gasteiger partial charge in [0.25, 0.3) is 0 Å². The van der Waals surface area contributed by atoms with E-state index in [1.165, 1.54) is 5.56 Å². The van der Waals surface area contributed by atoms with Crippen molar-refractivity contribution in [1.82, 2.24) is 25.5 Å². The predicted octanol–water partition coefficient (Wildman–Crippen LogP) is 2.75. The van der Waals surface area contributed by atoms with Crippen LogP contribution in [0, 0.1) is 13.8 Å². The number of fused-ring (bicyclic) bond motifs is 1. The molecule has 0 aliphatic heterocycles. The normalized spacial score (nSPS) is 12.9. The van der Waals surface area contributed by atoms with Gasteiger partial charge in [0.1, 0.15) is 5.82 Å². The highest BCUT2D eigenvalue weighted by Gasteiger charge is 2.12. The highest BCUT2D eigenvalue weighted by molar-refractivity contribution is 5.74. The largest absolute Gasteiger partial charge is 0.341 e. The van der Waals surface area contributed by atoms with E-state index in [0.717, 1.165) is 34.8 Å². The van der Waals surface area contributed by atoms with Crippen molar-refractivity contribution < 1.29 is 0 Å². The molecule has 0 saturated carbocycles. The van der Waals surface area contributed by atoms with Crippen molar-refractivity contribution in [1.29, 1.82) is 0 Å². The van der Waals surface area contributed by atoms with Crippen LogP contribution < -0.4 is 5.32 Å². The Morgan fingerprint density at radius 1 is 1.25 bits per heavy atom. The molecule has 1 aromatic carbocycles. The van der Waals surface area contributed by atoms with Gasteiger partial charge in [-0.15, -0.1) is 0 Å². The zero-order chi connectivity index (χ0) is 14.1. The Labute approximate surface area is 117 Å². The molecule has 0 saturated heterocycles. The van der Waals surface area contributed by atoms with Crippen LogP contribution in [-0.2, 0) is 6.54 Å². The lowest BCUT2D eigenvalue weighted by Gasteiger charge is -2.11. The van der Waals surface area contributed by atoms with Crippen molar-refractivity contribution in [2.75, 3.05) is 0 Å². The van der Waals surface area contributed by atoms with E-state index in [-0.39, 0.29) is 6.04 Å². The van der Waals surface area contributed by atoms with E-state index in [1.807, 2.05) is 38.1 Å². The standard InChI is InChI=1S/C15H19N5/c1-9-12(10(2)20-19-9)8-16-11(3)15-17-13-6-4-5-7-14(13)18-15/h4-7,11,16H,8H2,1-3H3,(H,17,18)(H,19,20). The third kappa shape index (κ3) is 2.32. The van der Waals surface area contributed by atoms with Crippen molar-refractivity contribution in [3.63, 3.8) is 0 Å². The number of nitrogens with one attached hydrogen (secondary N) is 3. The molecule has 3 aromatic rings.